The molecule has 0 aliphatic heterocycles. The van der Waals surface area contributed by atoms with Crippen molar-refractivity contribution in [1.29, 1.82) is 0 Å². The van der Waals surface area contributed by atoms with Crippen molar-refractivity contribution in [3.63, 3.8) is 0 Å². The highest BCUT2D eigenvalue weighted by atomic mass is 15.2. The quantitative estimate of drug-likeness (QED) is 0.266. The van der Waals surface area contributed by atoms with E-state index in [2.05, 4.69) is 31.4 Å². The van der Waals surface area contributed by atoms with Crippen LogP contribution < -0.4 is 10.6 Å². The highest BCUT2D eigenvalue weighted by Crippen LogP contribution is 2.46. The lowest BCUT2D eigenvalue weighted by atomic mass is 9.70. The first kappa shape index (κ1) is 22.2. The van der Waals surface area contributed by atoms with Crippen LogP contribution in [0.15, 0.2) is 0 Å². The number of nitrogens with one attached hydrogen (secondary N) is 2. The molecule has 0 aromatic carbocycles. The van der Waals surface area contributed by atoms with Gasteiger partial charge < -0.3 is 0 Å². The van der Waals surface area contributed by atoms with E-state index in [0.717, 1.165) is 30.8 Å². The van der Waals surface area contributed by atoms with E-state index in [1.165, 1.54) is 96.3 Å². The summed E-state index contributed by atoms with van der Waals surface area (Å²) in [4.78, 5) is 0. The van der Waals surface area contributed by atoms with Gasteiger partial charge in [-0.05, 0) is 50.1 Å². The van der Waals surface area contributed by atoms with Crippen LogP contribution in [-0.4, -0.2) is 18.8 Å². The van der Waals surface area contributed by atoms with Gasteiger partial charge in [-0.2, -0.15) is 0 Å². The molecular weight excluding hydrogens is 316 g/mol. The molecule has 26 heavy (non-hydrogen) atoms. The molecule has 2 fully saturated rings. The summed E-state index contributed by atoms with van der Waals surface area (Å²) in [6.07, 6.45) is 21.6. The smallest absolute Gasteiger partial charge is 0.0747 e. The molecule has 2 rings (SSSR count). The summed E-state index contributed by atoms with van der Waals surface area (Å²) in [7, 11) is 0. The minimum absolute atomic E-state index is 0.207. The third-order valence-electron chi connectivity index (χ3n) is 7.36. The van der Waals surface area contributed by atoms with Crippen molar-refractivity contribution in [2.75, 3.05) is 13.1 Å². The normalized spacial score (nSPS) is 20.9. The molecular formula is C24H48N2. The van der Waals surface area contributed by atoms with Crippen LogP contribution >= 0.6 is 0 Å². The van der Waals surface area contributed by atoms with Crippen LogP contribution in [-0.2, 0) is 0 Å². The van der Waals surface area contributed by atoms with E-state index in [4.69, 9.17) is 0 Å². The first-order valence-electron chi connectivity index (χ1n) is 12.3. The molecule has 2 N–H and O–H groups in total. The van der Waals surface area contributed by atoms with Gasteiger partial charge in [0.05, 0.1) is 5.66 Å². The van der Waals surface area contributed by atoms with Gasteiger partial charge >= 0.3 is 0 Å². The van der Waals surface area contributed by atoms with Crippen LogP contribution in [0.25, 0.3) is 0 Å². The van der Waals surface area contributed by atoms with Crippen LogP contribution in [0, 0.1) is 17.8 Å². The fourth-order valence-electron chi connectivity index (χ4n) is 6.22. The SMILES string of the molecule is CCCCCCCCC(C1CCCC1)C(NCC)(NCC)C1CCCC1. The van der Waals surface area contributed by atoms with E-state index >= 15 is 0 Å². The van der Waals surface area contributed by atoms with Gasteiger partial charge in [0, 0.05) is 0 Å². The minimum atomic E-state index is 0.207. The largest absolute Gasteiger partial charge is 0.299 e. The average Bonchev–Trinajstić information content (AvgIpc) is 3.35. The molecule has 2 aliphatic carbocycles. The predicted octanol–water partition coefficient (Wildman–Crippen LogP) is 6.65. The molecule has 2 aliphatic rings. The summed E-state index contributed by atoms with van der Waals surface area (Å²) >= 11 is 0. The Morgan fingerprint density at radius 1 is 0.731 bits per heavy atom. The Morgan fingerprint density at radius 2 is 1.27 bits per heavy atom. The van der Waals surface area contributed by atoms with Gasteiger partial charge in [0.15, 0.2) is 0 Å². The van der Waals surface area contributed by atoms with Crippen molar-refractivity contribution in [3.8, 4) is 0 Å². The molecule has 0 radical (unpaired) electrons. The standard InChI is InChI=1S/C24H48N2/c1-4-7-8-9-10-11-20-23(21-16-12-13-17-21)24(25-5-2,26-6-3)22-18-14-15-19-22/h21-23,25-26H,4-20H2,1-3H3. The average molecular weight is 365 g/mol. The molecule has 2 nitrogen and oxygen atoms in total. The highest BCUT2D eigenvalue weighted by molar-refractivity contribution is 5.01. The highest BCUT2D eigenvalue weighted by Gasteiger charge is 2.47. The third kappa shape index (κ3) is 5.96. The zero-order valence-electron chi connectivity index (χ0n) is 18.3. The van der Waals surface area contributed by atoms with Gasteiger partial charge in [-0.15, -0.1) is 0 Å². The molecule has 0 saturated heterocycles. The van der Waals surface area contributed by atoms with Gasteiger partial charge in [-0.25, -0.2) is 0 Å². The van der Waals surface area contributed by atoms with E-state index in [9.17, 15) is 0 Å². The maximum atomic E-state index is 4.07. The van der Waals surface area contributed by atoms with Crippen LogP contribution in [0.2, 0.25) is 0 Å². The second-order valence-electron chi connectivity index (χ2n) is 9.12. The first-order valence-corrected chi connectivity index (χ1v) is 12.3. The Labute approximate surface area is 164 Å². The van der Waals surface area contributed by atoms with Crippen LogP contribution in [0.4, 0.5) is 0 Å². The van der Waals surface area contributed by atoms with E-state index in [1.807, 2.05) is 0 Å². The monoisotopic (exact) mass is 364 g/mol. The van der Waals surface area contributed by atoms with Gasteiger partial charge in [0.25, 0.3) is 0 Å². The summed E-state index contributed by atoms with van der Waals surface area (Å²) in [6.45, 7) is 9.15. The third-order valence-corrected chi connectivity index (χ3v) is 7.36. The number of unbranched alkanes of at least 4 members (excludes halogenated alkanes) is 5. The van der Waals surface area contributed by atoms with E-state index in [1.54, 1.807) is 0 Å². The zero-order valence-corrected chi connectivity index (χ0v) is 18.3. The Balaban J connectivity index is 2.08. The molecule has 154 valence electrons. The van der Waals surface area contributed by atoms with Crippen molar-refractivity contribution in [1.82, 2.24) is 10.6 Å². The molecule has 0 aromatic rings. The molecule has 0 amide bonds. The van der Waals surface area contributed by atoms with Gasteiger partial charge in [-0.1, -0.05) is 97.8 Å². The number of hydrogen-bond donors (Lipinski definition) is 2. The van der Waals surface area contributed by atoms with Gasteiger partial charge in [0.2, 0.25) is 0 Å². The molecule has 0 spiro atoms. The Morgan fingerprint density at radius 3 is 1.85 bits per heavy atom. The van der Waals surface area contributed by atoms with Crippen molar-refractivity contribution < 1.29 is 0 Å². The summed E-state index contributed by atoms with van der Waals surface area (Å²) in [6, 6.07) is 0. The topological polar surface area (TPSA) is 24.1 Å². The summed E-state index contributed by atoms with van der Waals surface area (Å²) in [5.41, 5.74) is 0.207. The van der Waals surface area contributed by atoms with Gasteiger partial charge in [0.1, 0.15) is 0 Å². The predicted molar refractivity (Wildman–Crippen MR) is 115 cm³/mol. The van der Waals surface area contributed by atoms with Crippen LogP contribution in [0.3, 0.4) is 0 Å². The lowest BCUT2D eigenvalue weighted by molar-refractivity contribution is 0.0423. The molecule has 1 atom stereocenters. The number of rotatable bonds is 14. The Bertz CT molecular complexity index is 336. The maximum Gasteiger partial charge on any atom is 0.0747 e. The van der Waals surface area contributed by atoms with Crippen LogP contribution in [0.1, 0.15) is 117 Å². The molecule has 0 bridgehead atoms. The van der Waals surface area contributed by atoms with Crippen molar-refractivity contribution in [2.45, 2.75) is 123 Å². The van der Waals surface area contributed by atoms with Gasteiger partial charge in [-0.3, -0.25) is 10.6 Å². The fraction of sp³-hybridized carbons (Fsp3) is 1.00. The lowest BCUT2D eigenvalue weighted by Crippen LogP contribution is -2.67. The number of hydrogen-bond acceptors (Lipinski definition) is 2. The molecule has 0 aromatic heterocycles. The Kier molecular flexibility index (Phi) is 10.6. The first-order chi connectivity index (χ1) is 12.8. The summed E-state index contributed by atoms with van der Waals surface area (Å²) in [5, 5.41) is 8.13. The van der Waals surface area contributed by atoms with E-state index < -0.39 is 0 Å². The lowest BCUT2D eigenvalue weighted by Gasteiger charge is -2.49. The second kappa shape index (κ2) is 12.4. The summed E-state index contributed by atoms with van der Waals surface area (Å²) < 4.78 is 0. The molecule has 1 unspecified atom stereocenters. The molecule has 0 heterocycles. The fourth-order valence-corrected chi connectivity index (χ4v) is 6.22. The minimum Gasteiger partial charge on any atom is -0.299 e. The van der Waals surface area contributed by atoms with Crippen molar-refractivity contribution in [3.05, 3.63) is 0 Å². The maximum absolute atomic E-state index is 4.07. The zero-order chi connectivity index (χ0) is 18.7. The van der Waals surface area contributed by atoms with E-state index in [-0.39, 0.29) is 5.66 Å². The summed E-state index contributed by atoms with van der Waals surface area (Å²) in [5.74, 6) is 2.62. The van der Waals surface area contributed by atoms with Crippen molar-refractivity contribution in [2.24, 2.45) is 17.8 Å². The van der Waals surface area contributed by atoms with Crippen LogP contribution in [0.5, 0.6) is 0 Å². The van der Waals surface area contributed by atoms with E-state index in [0.29, 0.717) is 0 Å². The second-order valence-corrected chi connectivity index (χ2v) is 9.12. The Hall–Kier alpha value is -0.0800. The van der Waals surface area contributed by atoms with Crippen molar-refractivity contribution >= 4 is 0 Å². The molecule has 2 saturated carbocycles. The molecule has 2 heteroatoms.